The van der Waals surface area contributed by atoms with Gasteiger partial charge >= 0.3 is 0 Å². The van der Waals surface area contributed by atoms with E-state index in [0.717, 1.165) is 70.1 Å². The minimum Gasteiger partial charge on any atom is -0.467 e. The molecule has 0 aromatic carbocycles. The van der Waals surface area contributed by atoms with Gasteiger partial charge in [-0.2, -0.15) is 5.10 Å². The summed E-state index contributed by atoms with van der Waals surface area (Å²) in [7, 11) is 0. The van der Waals surface area contributed by atoms with Gasteiger partial charge in [-0.1, -0.05) is 11.3 Å². The maximum Gasteiger partial charge on any atom is 0.275 e. The molecule has 0 unspecified atom stereocenters. The summed E-state index contributed by atoms with van der Waals surface area (Å²) in [5, 5.41) is 12.9. The summed E-state index contributed by atoms with van der Waals surface area (Å²) in [6, 6.07) is 2.05. The third-order valence-electron chi connectivity index (χ3n) is 5.32. The molecule has 5 rings (SSSR count). The molecule has 1 aliphatic heterocycles. The van der Waals surface area contributed by atoms with Crippen LogP contribution < -0.4 is 10.1 Å². The molecule has 1 fully saturated rings. The van der Waals surface area contributed by atoms with Crippen LogP contribution in [0.15, 0.2) is 35.8 Å². The molecule has 0 atom stereocenters. The van der Waals surface area contributed by atoms with Gasteiger partial charge in [0.25, 0.3) is 5.19 Å². The Morgan fingerprint density at radius 2 is 2.13 bits per heavy atom. The van der Waals surface area contributed by atoms with E-state index in [9.17, 15) is 0 Å². The van der Waals surface area contributed by atoms with Crippen molar-refractivity contribution in [2.24, 2.45) is 4.99 Å². The van der Waals surface area contributed by atoms with Gasteiger partial charge in [0, 0.05) is 35.1 Å². The average molecular weight is 422 g/mol. The van der Waals surface area contributed by atoms with E-state index in [1.54, 1.807) is 6.20 Å². The summed E-state index contributed by atoms with van der Waals surface area (Å²) in [5.41, 5.74) is 5.54. The van der Waals surface area contributed by atoms with Gasteiger partial charge in [-0.15, -0.1) is 0 Å². The molecule has 8 nitrogen and oxygen atoms in total. The standard InChI is InChI=1S/C21H23N7OS/c1-12(27-20-13(2)28-21(30-20)29-15-3-6-22-7-4-15)18-19-16(5-8-23-19)17(11-24-18)14-9-25-26-10-14/h5,8-11,15,22-23H,3-4,6-7H2,1-2H3,(H,25,26)/b27-12+. The second-order valence-electron chi connectivity index (χ2n) is 7.41. The molecule has 0 spiro atoms. The second-order valence-corrected chi connectivity index (χ2v) is 8.35. The molecule has 4 aromatic rings. The van der Waals surface area contributed by atoms with Crippen molar-refractivity contribution in [3.63, 3.8) is 0 Å². The Bertz CT molecular complexity index is 1190. The van der Waals surface area contributed by atoms with E-state index in [2.05, 4.69) is 31.5 Å². The molecule has 9 heteroatoms. The minimum atomic E-state index is 0.227. The number of nitrogens with zero attached hydrogens (tertiary/aromatic N) is 4. The van der Waals surface area contributed by atoms with E-state index < -0.39 is 0 Å². The molecule has 0 bridgehead atoms. The summed E-state index contributed by atoms with van der Waals surface area (Å²) >= 11 is 1.49. The number of hydrogen-bond donors (Lipinski definition) is 3. The van der Waals surface area contributed by atoms with Gasteiger partial charge in [0.05, 0.1) is 23.1 Å². The third kappa shape index (κ3) is 3.61. The molecule has 0 radical (unpaired) electrons. The number of thiazole rings is 1. The highest BCUT2D eigenvalue weighted by Crippen LogP contribution is 2.35. The number of nitrogens with one attached hydrogen (secondary N) is 3. The zero-order valence-electron chi connectivity index (χ0n) is 16.9. The number of aromatic nitrogens is 5. The van der Waals surface area contributed by atoms with Gasteiger partial charge in [-0.25, -0.2) is 9.98 Å². The largest absolute Gasteiger partial charge is 0.467 e. The summed E-state index contributed by atoms with van der Waals surface area (Å²) < 4.78 is 6.09. The number of hydrogen-bond acceptors (Lipinski definition) is 7. The van der Waals surface area contributed by atoms with Crippen LogP contribution in [-0.2, 0) is 0 Å². The minimum absolute atomic E-state index is 0.227. The zero-order chi connectivity index (χ0) is 20.5. The fourth-order valence-electron chi connectivity index (χ4n) is 3.73. The number of piperidine rings is 1. The monoisotopic (exact) mass is 421 g/mol. The maximum absolute atomic E-state index is 6.09. The highest BCUT2D eigenvalue weighted by Gasteiger charge is 2.18. The van der Waals surface area contributed by atoms with Crippen LogP contribution in [0, 0.1) is 6.92 Å². The third-order valence-corrected chi connectivity index (χ3v) is 6.27. The number of aliphatic imine (C=N–C) groups is 1. The van der Waals surface area contributed by atoms with Crippen molar-refractivity contribution in [1.29, 1.82) is 0 Å². The summed E-state index contributed by atoms with van der Waals surface area (Å²) in [4.78, 5) is 17.4. The first-order valence-corrected chi connectivity index (χ1v) is 10.9. The number of fused-ring (bicyclic) bond motifs is 1. The van der Waals surface area contributed by atoms with Crippen molar-refractivity contribution in [2.45, 2.75) is 32.8 Å². The number of H-pyrrole nitrogens is 2. The Kier molecular flexibility index (Phi) is 5.06. The van der Waals surface area contributed by atoms with Crippen LogP contribution in [0.5, 0.6) is 5.19 Å². The Balaban J connectivity index is 1.45. The van der Waals surface area contributed by atoms with Crippen LogP contribution in [0.1, 0.15) is 31.2 Å². The second kappa shape index (κ2) is 8.00. The fraction of sp³-hybridized carbons (Fsp3) is 0.333. The molecule has 0 aliphatic carbocycles. The molecule has 1 aliphatic rings. The predicted molar refractivity (Wildman–Crippen MR) is 119 cm³/mol. The van der Waals surface area contributed by atoms with Crippen LogP contribution in [-0.4, -0.2) is 50.1 Å². The lowest BCUT2D eigenvalue weighted by atomic mass is 10.1. The van der Waals surface area contributed by atoms with Crippen LogP contribution in [0.25, 0.3) is 22.0 Å². The molecule has 3 N–H and O–H groups in total. The van der Waals surface area contributed by atoms with Crippen molar-refractivity contribution in [3.8, 4) is 16.3 Å². The average Bonchev–Trinajstić information content (AvgIpc) is 3.50. The molecule has 0 amide bonds. The van der Waals surface area contributed by atoms with Gasteiger partial charge in [-0.05, 0) is 45.8 Å². The highest BCUT2D eigenvalue weighted by molar-refractivity contribution is 7.17. The Hall–Kier alpha value is -3.04. The Morgan fingerprint density at radius 3 is 2.93 bits per heavy atom. The zero-order valence-corrected chi connectivity index (χ0v) is 17.7. The predicted octanol–water partition coefficient (Wildman–Crippen LogP) is 3.99. The first-order valence-electron chi connectivity index (χ1n) is 10.0. The van der Waals surface area contributed by atoms with E-state index in [1.807, 2.05) is 32.4 Å². The number of aryl methyl sites for hydroxylation is 1. The Morgan fingerprint density at radius 1 is 1.27 bits per heavy atom. The molecule has 30 heavy (non-hydrogen) atoms. The first-order chi connectivity index (χ1) is 14.7. The molecule has 5 heterocycles. The highest BCUT2D eigenvalue weighted by atomic mass is 32.1. The van der Waals surface area contributed by atoms with Crippen molar-refractivity contribution in [2.75, 3.05) is 13.1 Å². The van der Waals surface area contributed by atoms with Crippen molar-refractivity contribution < 1.29 is 4.74 Å². The van der Waals surface area contributed by atoms with Gasteiger partial charge in [0.1, 0.15) is 16.8 Å². The van der Waals surface area contributed by atoms with Gasteiger partial charge in [0.2, 0.25) is 0 Å². The SMILES string of the molecule is C/C(=N\c1sc(OC2CCNCC2)nc1C)c1ncc(-c2cn[nH]c2)c2cc[nH]c12. The van der Waals surface area contributed by atoms with E-state index in [-0.39, 0.29) is 6.10 Å². The fourth-order valence-corrected chi connectivity index (χ4v) is 4.64. The van der Waals surface area contributed by atoms with Crippen molar-refractivity contribution in [3.05, 3.63) is 42.2 Å². The molecule has 0 saturated carbocycles. The van der Waals surface area contributed by atoms with E-state index in [1.165, 1.54) is 11.3 Å². The number of rotatable bonds is 5. The smallest absolute Gasteiger partial charge is 0.275 e. The molecular formula is C21H23N7OS. The van der Waals surface area contributed by atoms with E-state index >= 15 is 0 Å². The van der Waals surface area contributed by atoms with Crippen LogP contribution >= 0.6 is 11.3 Å². The number of ether oxygens (including phenoxy) is 1. The van der Waals surface area contributed by atoms with Crippen LogP contribution in [0.2, 0.25) is 0 Å². The van der Waals surface area contributed by atoms with E-state index in [4.69, 9.17) is 14.7 Å². The van der Waals surface area contributed by atoms with Crippen molar-refractivity contribution in [1.82, 2.24) is 30.5 Å². The summed E-state index contributed by atoms with van der Waals surface area (Å²) in [5.74, 6) is 0. The van der Waals surface area contributed by atoms with Gasteiger partial charge in [-0.3, -0.25) is 10.1 Å². The van der Waals surface area contributed by atoms with E-state index in [0.29, 0.717) is 5.19 Å². The molecule has 154 valence electrons. The van der Waals surface area contributed by atoms with Gasteiger partial charge in [0.15, 0.2) is 0 Å². The number of pyridine rings is 1. The molecular weight excluding hydrogens is 398 g/mol. The molecule has 1 saturated heterocycles. The summed E-state index contributed by atoms with van der Waals surface area (Å²) in [6.07, 6.45) is 9.71. The first kappa shape index (κ1) is 19.0. The maximum atomic E-state index is 6.09. The summed E-state index contributed by atoms with van der Waals surface area (Å²) in [6.45, 7) is 5.93. The Labute approximate surface area is 177 Å². The lowest BCUT2D eigenvalue weighted by Crippen LogP contribution is -2.34. The van der Waals surface area contributed by atoms with Crippen molar-refractivity contribution >= 4 is 33.0 Å². The topological polar surface area (TPSA) is 104 Å². The van der Waals surface area contributed by atoms with Crippen LogP contribution in [0.4, 0.5) is 5.00 Å². The molecule has 4 aromatic heterocycles. The normalized spacial score (nSPS) is 15.7. The number of aromatic amines is 2. The lowest BCUT2D eigenvalue weighted by Gasteiger charge is -2.22. The lowest BCUT2D eigenvalue weighted by molar-refractivity contribution is 0.161. The van der Waals surface area contributed by atoms with Crippen LogP contribution in [0.3, 0.4) is 0 Å². The quantitative estimate of drug-likeness (QED) is 0.423. The van der Waals surface area contributed by atoms with Gasteiger partial charge < -0.3 is 15.0 Å².